The van der Waals surface area contributed by atoms with Crippen molar-refractivity contribution in [2.75, 3.05) is 7.11 Å². The summed E-state index contributed by atoms with van der Waals surface area (Å²) in [6, 6.07) is 12.0. The van der Waals surface area contributed by atoms with Crippen molar-refractivity contribution in [2.24, 2.45) is 0 Å². The molecule has 4 rings (SSSR count). The van der Waals surface area contributed by atoms with Gasteiger partial charge in [-0.05, 0) is 32.4 Å². The van der Waals surface area contributed by atoms with Crippen molar-refractivity contribution < 1.29 is 9.84 Å². The normalized spacial score (nSPS) is 12.3. The lowest BCUT2D eigenvalue weighted by molar-refractivity contribution is 0.409. The van der Waals surface area contributed by atoms with E-state index in [-0.39, 0.29) is 11.5 Å². The largest absolute Gasteiger partial charge is 0.512 e. The Morgan fingerprint density at radius 1 is 1.17 bits per heavy atom. The molecule has 7 heteroatoms. The van der Waals surface area contributed by atoms with Crippen molar-refractivity contribution in [2.45, 2.75) is 27.2 Å². The lowest BCUT2D eigenvalue weighted by Gasteiger charge is -2.14. The standard InChI is InChI=1S/C23H23N5O2/c1-13-6-5-7-16(8-13)9-21-26-27-22-12-25-18-10-17(23(14(2)24)15(3)29)20(30-4)11-19(18)28(21)22/h5-8,10-12,24,29H,9H2,1-4H3/b23-15+,24-14?. The van der Waals surface area contributed by atoms with E-state index in [2.05, 4.69) is 40.3 Å². The average molecular weight is 401 g/mol. The van der Waals surface area contributed by atoms with Crippen LogP contribution in [0.4, 0.5) is 0 Å². The molecule has 0 atom stereocenters. The van der Waals surface area contributed by atoms with E-state index in [0.717, 1.165) is 16.9 Å². The molecular weight excluding hydrogens is 378 g/mol. The number of ether oxygens (including phenoxy) is 1. The zero-order valence-electron chi connectivity index (χ0n) is 17.4. The van der Waals surface area contributed by atoms with Gasteiger partial charge in [-0.2, -0.15) is 0 Å². The first kappa shape index (κ1) is 19.6. The second kappa shape index (κ2) is 7.59. The molecule has 2 aromatic carbocycles. The number of nitrogens with zero attached hydrogens (tertiary/aromatic N) is 4. The van der Waals surface area contributed by atoms with Crippen LogP contribution in [-0.4, -0.2) is 37.5 Å². The second-order valence-corrected chi connectivity index (χ2v) is 7.36. The number of aliphatic hydroxyl groups is 1. The molecule has 4 aromatic rings. The van der Waals surface area contributed by atoms with Crippen LogP contribution >= 0.6 is 0 Å². The molecule has 0 radical (unpaired) electrons. The van der Waals surface area contributed by atoms with Crippen LogP contribution in [0.1, 0.15) is 36.4 Å². The number of methoxy groups -OCH3 is 1. The molecule has 0 aliphatic rings. The molecular formula is C23H23N5O2. The molecule has 0 amide bonds. The van der Waals surface area contributed by atoms with Crippen molar-refractivity contribution in [3.63, 3.8) is 0 Å². The zero-order valence-corrected chi connectivity index (χ0v) is 17.4. The molecule has 30 heavy (non-hydrogen) atoms. The minimum atomic E-state index is 0.0608. The van der Waals surface area contributed by atoms with Gasteiger partial charge in [-0.3, -0.25) is 9.38 Å². The molecule has 2 aromatic heterocycles. The fourth-order valence-electron chi connectivity index (χ4n) is 3.80. The first-order chi connectivity index (χ1) is 14.4. The van der Waals surface area contributed by atoms with Crippen molar-refractivity contribution in [3.05, 3.63) is 70.9 Å². The number of aliphatic hydroxyl groups excluding tert-OH is 1. The van der Waals surface area contributed by atoms with E-state index in [0.29, 0.717) is 34.5 Å². The van der Waals surface area contributed by atoms with Crippen LogP contribution in [0.15, 0.2) is 48.4 Å². The second-order valence-electron chi connectivity index (χ2n) is 7.36. The molecule has 2 heterocycles. The molecule has 0 aliphatic heterocycles. The number of allylic oxidation sites excluding steroid dienone is 2. The highest BCUT2D eigenvalue weighted by molar-refractivity contribution is 6.22. The third-order valence-electron chi connectivity index (χ3n) is 5.06. The summed E-state index contributed by atoms with van der Waals surface area (Å²) in [7, 11) is 1.57. The Kier molecular flexibility index (Phi) is 4.95. The maximum Gasteiger partial charge on any atom is 0.179 e. The van der Waals surface area contributed by atoms with Gasteiger partial charge in [-0.1, -0.05) is 29.8 Å². The van der Waals surface area contributed by atoms with Gasteiger partial charge in [0.2, 0.25) is 0 Å². The topological polar surface area (TPSA) is 96.4 Å². The molecule has 0 saturated heterocycles. The van der Waals surface area contributed by atoms with E-state index in [1.165, 1.54) is 5.56 Å². The highest BCUT2D eigenvalue weighted by atomic mass is 16.5. The highest BCUT2D eigenvalue weighted by Crippen LogP contribution is 2.33. The number of hydrogen-bond donors (Lipinski definition) is 2. The Balaban J connectivity index is 1.95. The number of hydrogen-bond acceptors (Lipinski definition) is 6. The number of aromatic nitrogens is 4. The molecule has 0 spiro atoms. The van der Waals surface area contributed by atoms with Crippen molar-refractivity contribution in [1.29, 1.82) is 5.41 Å². The monoisotopic (exact) mass is 401 g/mol. The molecule has 0 fully saturated rings. The average Bonchev–Trinajstić information content (AvgIpc) is 3.10. The Bertz CT molecular complexity index is 1320. The molecule has 152 valence electrons. The summed E-state index contributed by atoms with van der Waals surface area (Å²) in [5.74, 6) is 1.41. The zero-order chi connectivity index (χ0) is 21.4. The van der Waals surface area contributed by atoms with Crippen LogP contribution in [0, 0.1) is 12.3 Å². The van der Waals surface area contributed by atoms with Crippen LogP contribution in [0.3, 0.4) is 0 Å². The van der Waals surface area contributed by atoms with Gasteiger partial charge in [0.15, 0.2) is 5.65 Å². The molecule has 2 N–H and O–H groups in total. The molecule has 0 saturated carbocycles. The van der Waals surface area contributed by atoms with Gasteiger partial charge < -0.3 is 15.3 Å². The summed E-state index contributed by atoms with van der Waals surface area (Å²) < 4.78 is 7.59. The van der Waals surface area contributed by atoms with Crippen LogP contribution < -0.4 is 4.74 Å². The van der Waals surface area contributed by atoms with Gasteiger partial charge in [0.25, 0.3) is 0 Å². The van der Waals surface area contributed by atoms with Gasteiger partial charge in [0.1, 0.15) is 11.6 Å². The summed E-state index contributed by atoms with van der Waals surface area (Å²) in [5, 5.41) is 26.9. The van der Waals surface area contributed by atoms with Crippen molar-refractivity contribution in [3.8, 4) is 5.75 Å². The maximum absolute atomic E-state index is 10.1. The molecule has 0 aliphatic carbocycles. The van der Waals surface area contributed by atoms with Crippen LogP contribution in [0.5, 0.6) is 5.75 Å². The molecule has 0 bridgehead atoms. The minimum absolute atomic E-state index is 0.0608. The highest BCUT2D eigenvalue weighted by Gasteiger charge is 2.18. The van der Waals surface area contributed by atoms with Gasteiger partial charge in [-0.15, -0.1) is 10.2 Å². The Morgan fingerprint density at radius 3 is 2.63 bits per heavy atom. The smallest absolute Gasteiger partial charge is 0.179 e. The first-order valence-corrected chi connectivity index (χ1v) is 9.61. The van der Waals surface area contributed by atoms with Crippen LogP contribution in [-0.2, 0) is 6.42 Å². The predicted octanol–water partition coefficient (Wildman–Crippen LogP) is 4.51. The van der Waals surface area contributed by atoms with Gasteiger partial charge in [0, 0.05) is 29.3 Å². The van der Waals surface area contributed by atoms with Crippen molar-refractivity contribution in [1.82, 2.24) is 19.6 Å². The summed E-state index contributed by atoms with van der Waals surface area (Å²) >= 11 is 0. The molecule has 0 unspecified atom stereocenters. The Labute approximate surface area is 174 Å². The fraction of sp³-hybridized carbons (Fsp3) is 0.217. The summed E-state index contributed by atoms with van der Waals surface area (Å²) in [4.78, 5) is 4.53. The quantitative estimate of drug-likeness (QED) is 0.379. The van der Waals surface area contributed by atoms with E-state index in [1.807, 2.05) is 22.6 Å². The van der Waals surface area contributed by atoms with Crippen LogP contribution in [0.25, 0.3) is 22.3 Å². The van der Waals surface area contributed by atoms with Crippen molar-refractivity contribution >= 4 is 28.0 Å². The number of aryl methyl sites for hydroxylation is 1. The van der Waals surface area contributed by atoms with Gasteiger partial charge >= 0.3 is 0 Å². The Hall–Kier alpha value is -3.74. The minimum Gasteiger partial charge on any atom is -0.512 e. The summed E-state index contributed by atoms with van der Waals surface area (Å²) in [6.07, 6.45) is 2.31. The van der Waals surface area contributed by atoms with E-state index >= 15 is 0 Å². The van der Waals surface area contributed by atoms with E-state index in [9.17, 15) is 5.11 Å². The van der Waals surface area contributed by atoms with Gasteiger partial charge in [0.05, 0.1) is 30.1 Å². The first-order valence-electron chi connectivity index (χ1n) is 9.61. The number of fused-ring (bicyclic) bond motifs is 3. The third-order valence-corrected chi connectivity index (χ3v) is 5.06. The lowest BCUT2D eigenvalue weighted by atomic mass is 9.99. The fourth-order valence-corrected chi connectivity index (χ4v) is 3.80. The number of benzene rings is 2. The number of nitrogens with one attached hydrogen (secondary N) is 1. The maximum atomic E-state index is 10.1. The number of rotatable bonds is 5. The summed E-state index contributed by atoms with van der Waals surface area (Å²) in [6.45, 7) is 5.26. The van der Waals surface area contributed by atoms with Gasteiger partial charge in [-0.25, -0.2) is 0 Å². The van der Waals surface area contributed by atoms with E-state index in [1.54, 1.807) is 27.2 Å². The predicted molar refractivity (Wildman–Crippen MR) is 117 cm³/mol. The summed E-state index contributed by atoms with van der Waals surface area (Å²) in [5.41, 5.74) is 5.80. The van der Waals surface area contributed by atoms with Crippen LogP contribution in [0.2, 0.25) is 0 Å². The van der Waals surface area contributed by atoms with E-state index < -0.39 is 0 Å². The third kappa shape index (κ3) is 3.39. The lowest BCUT2D eigenvalue weighted by Crippen LogP contribution is -2.04. The van der Waals surface area contributed by atoms with E-state index in [4.69, 9.17) is 10.1 Å². The molecule has 7 nitrogen and oxygen atoms in total. The SMILES string of the molecule is COc1cc2c(cc1/C(C(C)=N)=C(\C)O)ncc1nnc(Cc3cccc(C)c3)n12. The Morgan fingerprint density at radius 2 is 1.97 bits per heavy atom.